The van der Waals surface area contributed by atoms with Crippen LogP contribution in [-0.4, -0.2) is 17.8 Å². The lowest BCUT2D eigenvalue weighted by atomic mass is 9.76. The standard InChI is InChI=1S/C8H17NO/c1-6(5-10)8(9)7-3-2-4-7/h6-8,10H,2-5,9H2,1H3. The first-order valence-corrected chi connectivity index (χ1v) is 4.12. The molecular formula is C8H17NO. The van der Waals surface area contributed by atoms with Gasteiger partial charge in [-0.3, -0.25) is 0 Å². The van der Waals surface area contributed by atoms with Crippen molar-refractivity contribution >= 4 is 0 Å². The number of nitrogens with two attached hydrogens (primary N) is 1. The van der Waals surface area contributed by atoms with Gasteiger partial charge in [0.1, 0.15) is 0 Å². The molecule has 0 bridgehead atoms. The second-order valence-electron chi connectivity index (χ2n) is 3.43. The van der Waals surface area contributed by atoms with E-state index in [4.69, 9.17) is 10.8 Å². The quantitative estimate of drug-likeness (QED) is 0.612. The first-order valence-electron chi connectivity index (χ1n) is 4.12. The summed E-state index contributed by atoms with van der Waals surface area (Å²) >= 11 is 0. The van der Waals surface area contributed by atoms with Gasteiger partial charge in [0.2, 0.25) is 0 Å². The molecule has 0 aromatic carbocycles. The van der Waals surface area contributed by atoms with Gasteiger partial charge in [-0.25, -0.2) is 0 Å². The normalized spacial score (nSPS) is 25.5. The Hall–Kier alpha value is -0.0800. The molecule has 0 saturated heterocycles. The Kier molecular flexibility index (Phi) is 2.69. The smallest absolute Gasteiger partial charge is 0.0471 e. The Bertz CT molecular complexity index is 96.7. The van der Waals surface area contributed by atoms with Crippen molar-refractivity contribution in [1.82, 2.24) is 0 Å². The summed E-state index contributed by atoms with van der Waals surface area (Å²) in [5.41, 5.74) is 5.87. The van der Waals surface area contributed by atoms with Gasteiger partial charge in [-0.1, -0.05) is 13.3 Å². The Labute approximate surface area is 62.4 Å². The highest BCUT2D eigenvalue weighted by molar-refractivity contribution is 4.83. The van der Waals surface area contributed by atoms with E-state index in [0.717, 1.165) is 0 Å². The summed E-state index contributed by atoms with van der Waals surface area (Å²) in [5.74, 6) is 0.979. The molecule has 3 N–H and O–H groups in total. The summed E-state index contributed by atoms with van der Waals surface area (Å²) in [6, 6.07) is 0.235. The van der Waals surface area contributed by atoms with Crippen molar-refractivity contribution in [2.24, 2.45) is 17.6 Å². The van der Waals surface area contributed by atoms with Crippen molar-refractivity contribution in [3.05, 3.63) is 0 Å². The van der Waals surface area contributed by atoms with Gasteiger partial charge in [-0.15, -0.1) is 0 Å². The second-order valence-corrected chi connectivity index (χ2v) is 3.43. The Morgan fingerprint density at radius 3 is 2.50 bits per heavy atom. The van der Waals surface area contributed by atoms with Gasteiger partial charge in [0.05, 0.1) is 0 Å². The van der Waals surface area contributed by atoms with Gasteiger partial charge in [-0.05, 0) is 24.7 Å². The van der Waals surface area contributed by atoms with E-state index in [-0.39, 0.29) is 18.6 Å². The molecule has 0 aromatic rings. The third kappa shape index (κ3) is 1.50. The molecular weight excluding hydrogens is 126 g/mol. The number of aliphatic hydroxyl groups excluding tert-OH is 1. The highest BCUT2D eigenvalue weighted by Crippen LogP contribution is 2.31. The van der Waals surface area contributed by atoms with E-state index >= 15 is 0 Å². The van der Waals surface area contributed by atoms with Crippen LogP contribution >= 0.6 is 0 Å². The fourth-order valence-corrected chi connectivity index (χ4v) is 1.41. The third-order valence-corrected chi connectivity index (χ3v) is 2.64. The fraction of sp³-hybridized carbons (Fsp3) is 1.00. The van der Waals surface area contributed by atoms with Crippen molar-refractivity contribution in [2.75, 3.05) is 6.61 Å². The van der Waals surface area contributed by atoms with Crippen LogP contribution in [-0.2, 0) is 0 Å². The van der Waals surface area contributed by atoms with E-state index in [1.807, 2.05) is 6.92 Å². The van der Waals surface area contributed by atoms with Crippen LogP contribution in [0.4, 0.5) is 0 Å². The third-order valence-electron chi connectivity index (χ3n) is 2.64. The summed E-state index contributed by atoms with van der Waals surface area (Å²) in [6.07, 6.45) is 3.87. The Balaban J connectivity index is 2.24. The molecule has 1 aliphatic rings. The van der Waals surface area contributed by atoms with E-state index in [1.54, 1.807) is 0 Å². The number of aliphatic hydroxyl groups is 1. The number of rotatable bonds is 3. The maximum atomic E-state index is 8.79. The van der Waals surface area contributed by atoms with Gasteiger partial charge < -0.3 is 10.8 Å². The average molecular weight is 143 g/mol. The van der Waals surface area contributed by atoms with E-state index in [1.165, 1.54) is 19.3 Å². The zero-order chi connectivity index (χ0) is 7.56. The Morgan fingerprint density at radius 1 is 1.60 bits per heavy atom. The topological polar surface area (TPSA) is 46.2 Å². The van der Waals surface area contributed by atoms with E-state index in [0.29, 0.717) is 5.92 Å². The average Bonchev–Trinajstić information content (AvgIpc) is 1.82. The van der Waals surface area contributed by atoms with Gasteiger partial charge in [0.15, 0.2) is 0 Å². The molecule has 0 aliphatic heterocycles. The molecule has 2 unspecified atom stereocenters. The van der Waals surface area contributed by atoms with Crippen LogP contribution in [0.15, 0.2) is 0 Å². The summed E-state index contributed by atoms with van der Waals surface area (Å²) < 4.78 is 0. The molecule has 1 aliphatic carbocycles. The van der Waals surface area contributed by atoms with Crippen molar-refractivity contribution in [2.45, 2.75) is 32.2 Å². The summed E-state index contributed by atoms with van der Waals surface area (Å²) in [7, 11) is 0. The summed E-state index contributed by atoms with van der Waals surface area (Å²) in [6.45, 7) is 2.25. The first kappa shape index (κ1) is 8.02. The molecule has 2 atom stereocenters. The first-order chi connectivity index (χ1) is 4.75. The molecule has 0 amide bonds. The maximum absolute atomic E-state index is 8.79. The number of hydrogen-bond donors (Lipinski definition) is 2. The molecule has 0 heterocycles. The molecule has 1 saturated carbocycles. The fourth-order valence-electron chi connectivity index (χ4n) is 1.41. The molecule has 2 nitrogen and oxygen atoms in total. The minimum absolute atomic E-state index is 0.234. The van der Waals surface area contributed by atoms with Crippen molar-refractivity contribution in [1.29, 1.82) is 0 Å². The lowest BCUT2D eigenvalue weighted by Crippen LogP contribution is -2.41. The molecule has 0 aromatic heterocycles. The van der Waals surface area contributed by atoms with Gasteiger partial charge in [0.25, 0.3) is 0 Å². The van der Waals surface area contributed by atoms with Crippen molar-refractivity contribution in [3.8, 4) is 0 Å². The van der Waals surface area contributed by atoms with Crippen LogP contribution in [0.25, 0.3) is 0 Å². The zero-order valence-electron chi connectivity index (χ0n) is 6.59. The molecule has 1 rings (SSSR count). The van der Waals surface area contributed by atoms with E-state index < -0.39 is 0 Å². The van der Waals surface area contributed by atoms with Crippen LogP contribution in [0.5, 0.6) is 0 Å². The zero-order valence-corrected chi connectivity index (χ0v) is 6.59. The van der Waals surface area contributed by atoms with Gasteiger partial charge in [0, 0.05) is 12.6 Å². The molecule has 0 radical (unpaired) electrons. The SMILES string of the molecule is CC(CO)C(N)C1CCC1. The Morgan fingerprint density at radius 2 is 2.20 bits per heavy atom. The van der Waals surface area contributed by atoms with Crippen LogP contribution < -0.4 is 5.73 Å². The molecule has 60 valence electrons. The van der Waals surface area contributed by atoms with Crippen molar-refractivity contribution < 1.29 is 5.11 Å². The van der Waals surface area contributed by atoms with Gasteiger partial charge in [-0.2, -0.15) is 0 Å². The van der Waals surface area contributed by atoms with Crippen molar-refractivity contribution in [3.63, 3.8) is 0 Å². The van der Waals surface area contributed by atoms with Crippen LogP contribution in [0.1, 0.15) is 26.2 Å². The largest absolute Gasteiger partial charge is 0.396 e. The van der Waals surface area contributed by atoms with Crippen LogP contribution in [0.3, 0.4) is 0 Å². The second kappa shape index (κ2) is 3.35. The molecule has 1 fully saturated rings. The lowest BCUT2D eigenvalue weighted by molar-refractivity contribution is 0.154. The lowest BCUT2D eigenvalue weighted by Gasteiger charge is -2.34. The number of hydrogen-bond acceptors (Lipinski definition) is 2. The molecule has 2 heteroatoms. The summed E-state index contributed by atoms with van der Waals surface area (Å²) in [4.78, 5) is 0. The summed E-state index contributed by atoms with van der Waals surface area (Å²) in [5, 5.41) is 8.79. The highest BCUT2D eigenvalue weighted by atomic mass is 16.3. The minimum Gasteiger partial charge on any atom is -0.396 e. The van der Waals surface area contributed by atoms with Gasteiger partial charge >= 0.3 is 0 Å². The minimum atomic E-state index is 0.234. The molecule has 0 spiro atoms. The predicted octanol–water partition coefficient (Wildman–Crippen LogP) is 0.742. The van der Waals surface area contributed by atoms with E-state index in [9.17, 15) is 0 Å². The van der Waals surface area contributed by atoms with Crippen LogP contribution in [0, 0.1) is 11.8 Å². The maximum Gasteiger partial charge on any atom is 0.0471 e. The van der Waals surface area contributed by atoms with E-state index in [2.05, 4.69) is 0 Å². The van der Waals surface area contributed by atoms with Crippen LogP contribution in [0.2, 0.25) is 0 Å². The highest BCUT2D eigenvalue weighted by Gasteiger charge is 2.27. The molecule has 10 heavy (non-hydrogen) atoms. The monoisotopic (exact) mass is 143 g/mol. The predicted molar refractivity (Wildman–Crippen MR) is 41.6 cm³/mol.